The first-order valence-electron chi connectivity index (χ1n) is 19.2. The molecule has 2 aliphatic rings. The Hall–Kier alpha value is -1.59. The molecule has 228 valence electrons. The van der Waals surface area contributed by atoms with Crippen LogP contribution in [0.1, 0.15) is 131 Å². The molecule has 1 fully saturated rings. The normalized spacial score (nSPS) is 26.6. The van der Waals surface area contributed by atoms with Crippen molar-refractivity contribution in [2.45, 2.75) is 109 Å². The highest BCUT2D eigenvalue weighted by molar-refractivity contribution is 6.30. The number of likely N-dealkylation sites (N-methyl/N-ethyl adjacent to an activating group) is 1. The fraction of sp³-hybridized carbons (Fsp3) is 0.629. The third-order valence-electron chi connectivity index (χ3n) is 9.00. The molecule has 1 aliphatic carbocycles. The number of ether oxygens (including phenoxy) is 1. The van der Waals surface area contributed by atoms with Gasteiger partial charge in [-0.2, -0.15) is 0 Å². The summed E-state index contributed by atoms with van der Waals surface area (Å²) in [4.78, 5) is 15.0. The van der Waals surface area contributed by atoms with E-state index in [4.69, 9.17) is 27.3 Å². The number of halogens is 2. The lowest BCUT2D eigenvalue weighted by Gasteiger charge is -2.53. The maximum Gasteiger partial charge on any atom is 0.310 e. The van der Waals surface area contributed by atoms with E-state index in [1.807, 2.05) is 26.0 Å². The Morgan fingerprint density at radius 3 is 2.41 bits per heavy atom. The molecule has 2 aromatic rings. The molecular formula is C35H52Cl2N2O2. The average Bonchev–Trinajstić information content (AvgIpc) is 3.38. The maximum atomic E-state index is 12.8. The Morgan fingerprint density at radius 1 is 1.07 bits per heavy atom. The number of quaternary nitrogens is 1. The van der Waals surface area contributed by atoms with Crippen LogP contribution in [0.3, 0.4) is 0 Å². The highest BCUT2D eigenvalue weighted by Crippen LogP contribution is 2.48. The van der Waals surface area contributed by atoms with E-state index in [0.717, 1.165) is 30.4 Å². The van der Waals surface area contributed by atoms with Crippen molar-refractivity contribution in [2.75, 3.05) is 33.3 Å². The summed E-state index contributed by atoms with van der Waals surface area (Å²) in [6.07, 6.45) is 11.0. The quantitative estimate of drug-likeness (QED) is 0.152. The SMILES string of the molecule is [2H]c1c([2H])c([2H])c([C@@H]2C[C@@H](N3CC[N@@+](COC(=O)CCCCCCCCCCC)(C([2H])([2H])[2H])C(C)(C)C3)c3cc(Cl)ccc32)c([2H])c1[2H].[Cl-]. The zero-order valence-electron chi connectivity index (χ0n) is 33.0. The van der Waals surface area contributed by atoms with Crippen molar-refractivity contribution in [1.29, 1.82) is 0 Å². The number of fused-ring (bicyclic) bond motifs is 1. The van der Waals surface area contributed by atoms with Crippen LogP contribution in [0.25, 0.3) is 0 Å². The number of esters is 1. The Morgan fingerprint density at radius 2 is 1.76 bits per heavy atom. The molecule has 0 saturated carbocycles. The van der Waals surface area contributed by atoms with Crippen molar-refractivity contribution < 1.29 is 37.4 Å². The van der Waals surface area contributed by atoms with Gasteiger partial charge in [0.1, 0.15) is 5.54 Å². The van der Waals surface area contributed by atoms with E-state index in [2.05, 4.69) is 11.8 Å². The number of nitrogens with zero attached hydrogens (tertiary/aromatic N) is 2. The smallest absolute Gasteiger partial charge is 0.310 e. The predicted molar refractivity (Wildman–Crippen MR) is 167 cm³/mol. The van der Waals surface area contributed by atoms with Crippen molar-refractivity contribution in [3.05, 3.63) is 70.1 Å². The van der Waals surface area contributed by atoms with Crippen LogP contribution >= 0.6 is 11.6 Å². The first-order chi connectivity index (χ1) is 22.6. The number of unbranched alkanes of at least 4 members (excludes halogenated alkanes) is 8. The molecule has 0 amide bonds. The summed E-state index contributed by atoms with van der Waals surface area (Å²) in [6, 6.07) is 3.70. The summed E-state index contributed by atoms with van der Waals surface area (Å²) < 4.78 is 73.0. The highest BCUT2D eigenvalue weighted by Gasteiger charge is 2.49. The summed E-state index contributed by atoms with van der Waals surface area (Å²) >= 11 is 6.47. The third-order valence-corrected chi connectivity index (χ3v) is 9.23. The van der Waals surface area contributed by atoms with E-state index in [9.17, 15) is 4.79 Å². The average molecular weight is 612 g/mol. The molecule has 0 spiro atoms. The summed E-state index contributed by atoms with van der Waals surface area (Å²) in [5.41, 5.74) is 1.19. The molecule has 6 heteroatoms. The van der Waals surface area contributed by atoms with Gasteiger partial charge in [0.25, 0.3) is 0 Å². The summed E-state index contributed by atoms with van der Waals surface area (Å²) in [7, 11) is 0. The maximum absolute atomic E-state index is 12.8. The minimum Gasteiger partial charge on any atom is -1.00 e. The van der Waals surface area contributed by atoms with E-state index in [-0.39, 0.29) is 78.3 Å². The summed E-state index contributed by atoms with van der Waals surface area (Å²) in [6.45, 7) is 4.36. The molecule has 0 N–H and O–H groups in total. The lowest BCUT2D eigenvalue weighted by Crippen LogP contribution is -3.00. The van der Waals surface area contributed by atoms with Gasteiger partial charge >= 0.3 is 5.97 Å². The van der Waals surface area contributed by atoms with Crippen LogP contribution < -0.4 is 12.4 Å². The lowest BCUT2D eigenvalue weighted by molar-refractivity contribution is -0.974. The van der Waals surface area contributed by atoms with Gasteiger partial charge in [0.2, 0.25) is 6.73 Å². The van der Waals surface area contributed by atoms with Crippen molar-refractivity contribution in [3.8, 4) is 0 Å². The van der Waals surface area contributed by atoms with Crippen molar-refractivity contribution in [1.82, 2.24) is 4.90 Å². The number of carbonyl (C=O) groups excluding carboxylic acids is 1. The number of rotatable bonds is 14. The second-order valence-electron chi connectivity index (χ2n) is 12.3. The fourth-order valence-electron chi connectivity index (χ4n) is 6.33. The molecule has 0 bridgehead atoms. The van der Waals surface area contributed by atoms with Crippen LogP contribution in [-0.2, 0) is 9.53 Å². The molecule has 1 heterocycles. The fourth-order valence-corrected chi connectivity index (χ4v) is 6.52. The van der Waals surface area contributed by atoms with Gasteiger partial charge in [-0.1, -0.05) is 106 Å². The van der Waals surface area contributed by atoms with Gasteiger partial charge < -0.3 is 17.1 Å². The van der Waals surface area contributed by atoms with Gasteiger partial charge in [-0.3, -0.25) is 14.2 Å². The van der Waals surface area contributed by atoms with Crippen molar-refractivity contribution in [2.24, 2.45) is 0 Å². The standard InChI is InChI=1S/C35H52ClN2O2.ClH/c1-5-6-7-8-9-10-11-12-16-19-34(39)40-27-38(4)23-22-37(26-35(38,2)3)33-25-31(28-17-14-13-15-18-28)30-21-20-29(36)24-32(30)33;/h13-15,17-18,20-21,24,31,33H,5-12,16,19,22-23,25-27H2,1-4H3;1H/q+1;/p-1/t31-,33+,38+;/m0./s1/i4D3,13D,14D,15D,17D,18D;. The lowest BCUT2D eigenvalue weighted by atomic mass is 9.92. The molecular weight excluding hydrogens is 551 g/mol. The largest absolute Gasteiger partial charge is 1.00 e. The van der Waals surface area contributed by atoms with Crippen LogP contribution in [0, 0.1) is 0 Å². The molecule has 0 aromatic heterocycles. The second-order valence-corrected chi connectivity index (χ2v) is 12.8. The number of hydrogen-bond acceptors (Lipinski definition) is 3. The number of carbonyl (C=O) groups is 1. The molecule has 3 atom stereocenters. The molecule has 41 heavy (non-hydrogen) atoms. The van der Waals surface area contributed by atoms with E-state index in [1.54, 1.807) is 6.07 Å². The second kappa shape index (κ2) is 15.8. The van der Waals surface area contributed by atoms with Gasteiger partial charge in [-0.25, -0.2) is 0 Å². The highest BCUT2D eigenvalue weighted by atomic mass is 35.5. The molecule has 4 nitrogen and oxygen atoms in total. The number of benzene rings is 2. The molecule has 1 saturated heterocycles. The first kappa shape index (κ1) is 23.8. The van der Waals surface area contributed by atoms with E-state index >= 15 is 0 Å². The van der Waals surface area contributed by atoms with E-state index in [1.165, 1.54) is 38.5 Å². The van der Waals surface area contributed by atoms with Crippen LogP contribution in [0.15, 0.2) is 48.4 Å². The predicted octanol–water partition coefficient (Wildman–Crippen LogP) is 5.88. The van der Waals surface area contributed by atoms with Gasteiger partial charge in [0.15, 0.2) is 0 Å². The monoisotopic (exact) mass is 610 g/mol. The third kappa shape index (κ3) is 8.72. The van der Waals surface area contributed by atoms with Crippen LogP contribution in [0.2, 0.25) is 5.02 Å². The molecule has 0 unspecified atom stereocenters. The number of hydrogen-bond donors (Lipinski definition) is 0. The molecule has 4 rings (SSSR count). The molecule has 1 aliphatic heterocycles. The van der Waals surface area contributed by atoms with Crippen LogP contribution in [0.4, 0.5) is 0 Å². The minimum absolute atomic E-state index is 0. The van der Waals surface area contributed by atoms with Gasteiger partial charge in [-0.05, 0) is 55.5 Å². The summed E-state index contributed by atoms with van der Waals surface area (Å²) in [5.74, 6) is -0.816. The zero-order valence-corrected chi connectivity index (χ0v) is 26.5. The van der Waals surface area contributed by atoms with Gasteiger partial charge in [-0.15, -0.1) is 0 Å². The number of piperazine rings is 1. The van der Waals surface area contributed by atoms with E-state index < -0.39 is 24.5 Å². The Kier molecular flexibility index (Phi) is 9.15. The topological polar surface area (TPSA) is 29.5 Å². The molecule has 2 aromatic carbocycles. The first-order valence-corrected chi connectivity index (χ1v) is 15.6. The van der Waals surface area contributed by atoms with Crippen LogP contribution in [0.5, 0.6) is 0 Å². The van der Waals surface area contributed by atoms with Gasteiger partial charge in [0.05, 0.1) is 31.0 Å². The summed E-state index contributed by atoms with van der Waals surface area (Å²) in [5, 5.41) is 0.531. The Bertz CT molecular complexity index is 1430. The Balaban J connectivity index is 0.00000650. The van der Waals surface area contributed by atoms with Gasteiger partial charge in [0, 0.05) is 29.9 Å². The van der Waals surface area contributed by atoms with Crippen molar-refractivity contribution in [3.63, 3.8) is 0 Å². The molecule has 0 radical (unpaired) electrons. The van der Waals surface area contributed by atoms with E-state index in [0.29, 0.717) is 24.5 Å². The Labute approximate surface area is 272 Å². The van der Waals surface area contributed by atoms with Crippen molar-refractivity contribution >= 4 is 17.6 Å². The minimum atomic E-state index is -2.43. The van der Waals surface area contributed by atoms with Crippen LogP contribution in [-0.4, -0.2) is 54.2 Å². The zero-order chi connectivity index (χ0) is 35.4.